The fourth-order valence-electron chi connectivity index (χ4n) is 5.34. The molecule has 0 unspecified atom stereocenters. The zero-order chi connectivity index (χ0) is 30.8. The maximum atomic E-state index is 5.91. The number of aromatic amines is 1. The van der Waals surface area contributed by atoms with Gasteiger partial charge in [0, 0.05) is 42.5 Å². The zero-order valence-corrected chi connectivity index (χ0v) is 24.4. The van der Waals surface area contributed by atoms with Gasteiger partial charge in [-0.1, -0.05) is 36.4 Å². The van der Waals surface area contributed by atoms with Crippen molar-refractivity contribution in [2.24, 2.45) is 4.99 Å². The van der Waals surface area contributed by atoms with E-state index in [9.17, 15) is 0 Å². The standard InChI is InChI=1S/C19H16N4.C18H14N4/c20-16-4-3-13(9-17(16)21)14-1-2-15-11-18(23-19(15)10-14)12-5-7-22-8-6-12;19-15-4-1-12(2-5-15)14-3-6-16-17(11-14)22-18(21-16)13-7-9-20-10-8-13/h1-10H,11,20-21H2;1-11H,19H2,(H,21,22). The number of aliphatic imine (C=N–C) groups is 1. The summed E-state index contributed by atoms with van der Waals surface area (Å²) in [4.78, 5) is 20.9. The number of benzene rings is 4. The lowest BCUT2D eigenvalue weighted by atomic mass is 10.00. The van der Waals surface area contributed by atoms with Gasteiger partial charge in [0.25, 0.3) is 0 Å². The Bertz CT molecular complexity index is 2150. The molecule has 8 nitrogen and oxygen atoms in total. The van der Waals surface area contributed by atoms with E-state index in [1.807, 2.05) is 72.8 Å². The molecule has 7 N–H and O–H groups in total. The maximum Gasteiger partial charge on any atom is 0.138 e. The maximum absolute atomic E-state index is 5.91. The van der Waals surface area contributed by atoms with Crippen molar-refractivity contribution in [1.29, 1.82) is 0 Å². The van der Waals surface area contributed by atoms with Crippen LogP contribution in [0.15, 0.2) is 133 Å². The second-order valence-electron chi connectivity index (χ2n) is 10.8. The van der Waals surface area contributed by atoms with Gasteiger partial charge in [0.05, 0.1) is 33.8 Å². The summed E-state index contributed by atoms with van der Waals surface area (Å²) in [5, 5.41) is 0. The Morgan fingerprint density at radius 1 is 0.533 bits per heavy atom. The van der Waals surface area contributed by atoms with Gasteiger partial charge in [0.1, 0.15) is 5.82 Å². The molecule has 1 aliphatic rings. The first-order valence-corrected chi connectivity index (χ1v) is 14.5. The molecule has 45 heavy (non-hydrogen) atoms. The predicted molar refractivity (Wildman–Crippen MR) is 184 cm³/mol. The molecular formula is C37H30N8. The Morgan fingerprint density at radius 3 is 1.89 bits per heavy atom. The highest BCUT2D eigenvalue weighted by atomic mass is 14.9. The molecule has 0 saturated heterocycles. The summed E-state index contributed by atoms with van der Waals surface area (Å²) in [6, 6.07) is 34.0. The zero-order valence-electron chi connectivity index (χ0n) is 24.4. The summed E-state index contributed by atoms with van der Waals surface area (Å²) >= 11 is 0. The van der Waals surface area contributed by atoms with E-state index in [0.29, 0.717) is 11.4 Å². The monoisotopic (exact) mass is 586 g/mol. The Morgan fingerprint density at radius 2 is 1.16 bits per heavy atom. The number of anilines is 3. The van der Waals surface area contributed by atoms with Crippen molar-refractivity contribution in [3.63, 3.8) is 0 Å². The van der Waals surface area contributed by atoms with Gasteiger partial charge in [-0.3, -0.25) is 15.0 Å². The Kier molecular flexibility index (Phi) is 7.21. The molecule has 218 valence electrons. The average molecular weight is 587 g/mol. The second kappa shape index (κ2) is 11.8. The quantitative estimate of drug-likeness (QED) is 0.158. The number of aromatic nitrogens is 4. The number of hydrogen-bond donors (Lipinski definition) is 4. The summed E-state index contributed by atoms with van der Waals surface area (Å²) in [6.07, 6.45) is 7.97. The molecule has 4 heterocycles. The first-order chi connectivity index (χ1) is 22.0. The number of pyridine rings is 2. The fraction of sp³-hybridized carbons (Fsp3) is 0.0270. The molecule has 3 aromatic heterocycles. The van der Waals surface area contributed by atoms with Crippen molar-refractivity contribution >= 4 is 39.5 Å². The van der Waals surface area contributed by atoms with E-state index >= 15 is 0 Å². The van der Waals surface area contributed by atoms with Crippen LogP contribution in [-0.2, 0) is 6.42 Å². The summed E-state index contributed by atoms with van der Waals surface area (Å²) in [5.41, 5.74) is 31.3. The lowest BCUT2D eigenvalue weighted by molar-refractivity contribution is 1.28. The molecule has 7 aromatic rings. The number of nitrogens with zero attached hydrogens (tertiary/aromatic N) is 4. The van der Waals surface area contributed by atoms with Crippen molar-refractivity contribution in [2.75, 3.05) is 17.2 Å². The average Bonchev–Trinajstić information content (AvgIpc) is 3.71. The summed E-state index contributed by atoms with van der Waals surface area (Å²) in [5.74, 6) is 0.854. The van der Waals surface area contributed by atoms with Crippen molar-refractivity contribution in [1.82, 2.24) is 19.9 Å². The number of imidazole rings is 1. The molecule has 0 saturated carbocycles. The molecule has 8 heteroatoms. The smallest absolute Gasteiger partial charge is 0.138 e. The molecule has 0 spiro atoms. The minimum Gasteiger partial charge on any atom is -0.399 e. The van der Waals surface area contributed by atoms with Crippen molar-refractivity contribution in [3.05, 3.63) is 139 Å². The molecule has 0 bridgehead atoms. The molecular weight excluding hydrogens is 556 g/mol. The highest BCUT2D eigenvalue weighted by Crippen LogP contribution is 2.34. The topological polar surface area (TPSA) is 145 Å². The minimum atomic E-state index is 0.601. The molecule has 1 aliphatic heterocycles. The van der Waals surface area contributed by atoms with Crippen LogP contribution >= 0.6 is 0 Å². The fourth-order valence-corrected chi connectivity index (χ4v) is 5.34. The summed E-state index contributed by atoms with van der Waals surface area (Å²) in [7, 11) is 0. The number of fused-ring (bicyclic) bond motifs is 2. The SMILES string of the molecule is Nc1ccc(-c2ccc3c(c2)N=C(c2ccncc2)C3)cc1N.Nc1ccc(-c2ccc3nc(-c4ccncc4)[nH]c3c2)cc1. The third-order valence-corrected chi connectivity index (χ3v) is 7.81. The summed E-state index contributed by atoms with van der Waals surface area (Å²) in [6.45, 7) is 0. The van der Waals surface area contributed by atoms with Gasteiger partial charge in [0.15, 0.2) is 0 Å². The predicted octanol–water partition coefficient (Wildman–Crippen LogP) is 7.46. The highest BCUT2D eigenvalue weighted by molar-refractivity contribution is 6.06. The third kappa shape index (κ3) is 5.85. The number of nitrogens with one attached hydrogen (secondary N) is 1. The number of rotatable bonds is 4. The van der Waals surface area contributed by atoms with Crippen LogP contribution in [0.2, 0.25) is 0 Å². The lowest BCUT2D eigenvalue weighted by Gasteiger charge is -2.06. The van der Waals surface area contributed by atoms with Gasteiger partial charge < -0.3 is 22.2 Å². The van der Waals surface area contributed by atoms with Crippen molar-refractivity contribution in [2.45, 2.75) is 6.42 Å². The summed E-state index contributed by atoms with van der Waals surface area (Å²) < 4.78 is 0. The van der Waals surface area contributed by atoms with Crippen LogP contribution in [0.1, 0.15) is 11.1 Å². The first kappa shape index (κ1) is 27.5. The molecule has 0 atom stereocenters. The number of nitrogen functional groups attached to an aromatic ring is 3. The van der Waals surface area contributed by atoms with Gasteiger partial charge >= 0.3 is 0 Å². The van der Waals surface area contributed by atoms with Crippen LogP contribution in [0.4, 0.5) is 22.7 Å². The first-order valence-electron chi connectivity index (χ1n) is 14.5. The van der Waals surface area contributed by atoms with Crippen LogP contribution in [0.3, 0.4) is 0 Å². The normalized spacial score (nSPS) is 11.9. The van der Waals surface area contributed by atoms with E-state index in [-0.39, 0.29) is 0 Å². The Balaban J connectivity index is 0.000000145. The van der Waals surface area contributed by atoms with Crippen molar-refractivity contribution < 1.29 is 0 Å². The number of hydrogen-bond acceptors (Lipinski definition) is 7. The van der Waals surface area contributed by atoms with Crippen LogP contribution in [0.25, 0.3) is 44.7 Å². The van der Waals surface area contributed by atoms with E-state index in [1.54, 1.807) is 24.8 Å². The van der Waals surface area contributed by atoms with Gasteiger partial charge in [0.2, 0.25) is 0 Å². The van der Waals surface area contributed by atoms with Gasteiger partial charge in [-0.2, -0.15) is 0 Å². The lowest BCUT2D eigenvalue weighted by Crippen LogP contribution is -1.99. The minimum absolute atomic E-state index is 0.601. The largest absolute Gasteiger partial charge is 0.399 e. The molecule has 8 rings (SSSR count). The van der Waals surface area contributed by atoms with E-state index < -0.39 is 0 Å². The molecule has 0 aliphatic carbocycles. The van der Waals surface area contributed by atoms with Crippen molar-refractivity contribution in [3.8, 4) is 33.6 Å². The van der Waals surface area contributed by atoms with Crippen LogP contribution < -0.4 is 17.2 Å². The Hall–Kier alpha value is -6.28. The van der Waals surface area contributed by atoms with E-state index in [0.717, 1.165) is 73.7 Å². The van der Waals surface area contributed by atoms with Crippen LogP contribution in [-0.4, -0.2) is 25.6 Å². The van der Waals surface area contributed by atoms with Gasteiger partial charge in [-0.15, -0.1) is 0 Å². The third-order valence-electron chi connectivity index (χ3n) is 7.81. The number of H-pyrrole nitrogens is 1. The van der Waals surface area contributed by atoms with Crippen LogP contribution in [0.5, 0.6) is 0 Å². The van der Waals surface area contributed by atoms with E-state index in [2.05, 4.69) is 50.3 Å². The Labute approximate surface area is 260 Å². The molecule has 0 amide bonds. The van der Waals surface area contributed by atoms with Gasteiger partial charge in [-0.25, -0.2) is 4.98 Å². The molecule has 0 fully saturated rings. The van der Waals surface area contributed by atoms with E-state index in [1.165, 1.54) is 5.56 Å². The molecule has 4 aromatic carbocycles. The second-order valence-corrected chi connectivity index (χ2v) is 10.8. The molecule has 0 radical (unpaired) electrons. The number of nitrogens with two attached hydrogens (primary N) is 3. The van der Waals surface area contributed by atoms with E-state index in [4.69, 9.17) is 22.2 Å². The van der Waals surface area contributed by atoms with Gasteiger partial charge in [-0.05, 0) is 100 Å². The van der Waals surface area contributed by atoms with Crippen LogP contribution in [0, 0.1) is 0 Å². The highest BCUT2D eigenvalue weighted by Gasteiger charge is 2.17.